The number of halogens is 5. The maximum absolute atomic E-state index is 13.9. The second kappa shape index (κ2) is 8.80. The van der Waals surface area contributed by atoms with E-state index in [0.717, 1.165) is 0 Å². The quantitative estimate of drug-likeness (QED) is 0.474. The number of nitrogens with zero attached hydrogens (tertiary/aromatic N) is 3. The zero-order valence-corrected chi connectivity index (χ0v) is 18.5. The number of aromatic nitrogens is 3. The number of hydrogen-bond donors (Lipinski definition) is 2. The molecule has 4 rings (SSSR count). The molecular weight excluding hydrogens is 466 g/mol. The van der Waals surface area contributed by atoms with Crippen LogP contribution in [-0.4, -0.2) is 33.3 Å². The van der Waals surface area contributed by atoms with Crippen molar-refractivity contribution in [3.8, 4) is 16.9 Å². The Balaban J connectivity index is 1.52. The largest absolute Gasteiger partial charge is 0.482 e. The van der Waals surface area contributed by atoms with Crippen molar-refractivity contribution in [2.45, 2.75) is 38.0 Å². The Hall–Kier alpha value is -2.49. The van der Waals surface area contributed by atoms with Gasteiger partial charge in [-0.1, -0.05) is 23.2 Å². The van der Waals surface area contributed by atoms with Crippen LogP contribution in [0.15, 0.2) is 36.8 Å². The number of nitrogen functional groups attached to an aromatic ring is 1. The second-order valence-electron chi connectivity index (χ2n) is 7.71. The van der Waals surface area contributed by atoms with Gasteiger partial charge in [0.1, 0.15) is 11.9 Å². The zero-order chi connectivity index (χ0) is 23.0. The number of nitrogens with two attached hydrogens (primary N) is 1. The van der Waals surface area contributed by atoms with Crippen molar-refractivity contribution < 1.29 is 17.9 Å². The molecule has 3 aromatic rings. The Morgan fingerprint density at radius 2 is 2.09 bits per heavy atom. The minimum atomic E-state index is -2.70. The lowest BCUT2D eigenvalue weighted by Gasteiger charge is -2.19. The van der Waals surface area contributed by atoms with Gasteiger partial charge >= 0.3 is 0 Å². The van der Waals surface area contributed by atoms with Gasteiger partial charge in [-0.25, -0.2) is 18.2 Å². The van der Waals surface area contributed by atoms with E-state index in [1.807, 2.05) is 0 Å². The van der Waals surface area contributed by atoms with Crippen molar-refractivity contribution in [2.24, 2.45) is 0 Å². The maximum atomic E-state index is 13.9. The molecule has 0 amide bonds. The average molecular weight is 486 g/mol. The topological polar surface area (TPSA) is 78.0 Å². The molecule has 1 saturated heterocycles. The number of anilines is 1. The van der Waals surface area contributed by atoms with Gasteiger partial charge < -0.3 is 15.8 Å². The normalized spacial score (nSPS) is 18.6. The molecule has 1 aliphatic rings. The molecule has 170 valence electrons. The van der Waals surface area contributed by atoms with E-state index in [1.165, 1.54) is 12.1 Å². The van der Waals surface area contributed by atoms with E-state index in [-0.39, 0.29) is 40.6 Å². The molecule has 0 spiro atoms. The minimum Gasteiger partial charge on any atom is -0.482 e. The summed E-state index contributed by atoms with van der Waals surface area (Å²) in [5.41, 5.74) is 7.63. The summed E-state index contributed by atoms with van der Waals surface area (Å²) in [6.07, 6.45) is 3.96. The third-order valence-corrected chi connectivity index (χ3v) is 5.95. The molecule has 2 atom stereocenters. The number of alkyl halides is 2. The molecule has 6 nitrogen and oxygen atoms in total. The van der Waals surface area contributed by atoms with Gasteiger partial charge in [0.2, 0.25) is 0 Å². The molecule has 11 heteroatoms. The summed E-state index contributed by atoms with van der Waals surface area (Å²) >= 11 is 12.2. The van der Waals surface area contributed by atoms with Crippen LogP contribution < -0.4 is 15.8 Å². The molecule has 0 saturated carbocycles. The van der Waals surface area contributed by atoms with E-state index in [9.17, 15) is 13.2 Å². The van der Waals surface area contributed by atoms with Crippen LogP contribution >= 0.6 is 23.2 Å². The zero-order valence-electron chi connectivity index (χ0n) is 17.0. The second-order valence-corrected chi connectivity index (χ2v) is 8.50. The molecule has 1 aliphatic heterocycles. The minimum absolute atomic E-state index is 0.125. The van der Waals surface area contributed by atoms with E-state index in [2.05, 4.69) is 15.4 Å². The first-order chi connectivity index (χ1) is 15.1. The molecule has 32 heavy (non-hydrogen) atoms. The lowest BCUT2D eigenvalue weighted by Crippen LogP contribution is -2.27. The van der Waals surface area contributed by atoms with Crippen LogP contribution in [0.2, 0.25) is 10.0 Å². The summed E-state index contributed by atoms with van der Waals surface area (Å²) in [5.74, 6) is -2.91. The molecule has 1 fully saturated rings. The van der Waals surface area contributed by atoms with Crippen LogP contribution in [0.3, 0.4) is 0 Å². The van der Waals surface area contributed by atoms with Gasteiger partial charge in [-0.15, -0.1) is 0 Å². The van der Waals surface area contributed by atoms with E-state index in [4.69, 9.17) is 33.7 Å². The number of hydrogen-bond acceptors (Lipinski definition) is 5. The van der Waals surface area contributed by atoms with Crippen molar-refractivity contribution in [3.63, 3.8) is 0 Å². The fourth-order valence-electron chi connectivity index (χ4n) is 3.64. The first-order valence-corrected chi connectivity index (χ1v) is 10.6. The fourth-order valence-corrected chi connectivity index (χ4v) is 4.32. The van der Waals surface area contributed by atoms with Gasteiger partial charge in [0, 0.05) is 46.6 Å². The highest BCUT2D eigenvalue weighted by Gasteiger charge is 2.39. The predicted octanol–water partition coefficient (Wildman–Crippen LogP) is 5.11. The molecule has 0 radical (unpaired) electrons. The van der Waals surface area contributed by atoms with Crippen LogP contribution in [0.1, 0.15) is 25.0 Å². The Morgan fingerprint density at radius 3 is 2.81 bits per heavy atom. The number of ether oxygens (including phenoxy) is 1. The monoisotopic (exact) mass is 485 g/mol. The van der Waals surface area contributed by atoms with Crippen molar-refractivity contribution in [1.82, 2.24) is 20.1 Å². The standard InChI is InChI=1S/C21H20Cl2F3N5O/c1-11(18-15(22)2-3-16(24)19(18)23)32-17-4-12(6-28-20(17)27)13-7-30-31(8-13)9-14-5-21(25,26)10-29-14/h2-4,6-8,11,14,29H,5,9-10H2,1H3,(H2,27,28)/t11-,14+/m1/s1. The summed E-state index contributed by atoms with van der Waals surface area (Å²) in [7, 11) is 0. The number of nitrogens with one attached hydrogen (secondary N) is 1. The summed E-state index contributed by atoms with van der Waals surface area (Å²) in [5, 5.41) is 7.19. The van der Waals surface area contributed by atoms with E-state index < -0.39 is 17.8 Å². The molecule has 3 N–H and O–H groups in total. The highest BCUT2D eigenvalue weighted by Crippen LogP contribution is 2.37. The smallest absolute Gasteiger partial charge is 0.261 e. The Labute approximate surface area is 192 Å². The van der Waals surface area contributed by atoms with E-state index in [0.29, 0.717) is 23.2 Å². The van der Waals surface area contributed by atoms with Crippen LogP contribution in [0.25, 0.3) is 11.1 Å². The Bertz CT molecular complexity index is 1140. The predicted molar refractivity (Wildman–Crippen MR) is 117 cm³/mol. The van der Waals surface area contributed by atoms with Crippen molar-refractivity contribution in [3.05, 3.63) is 58.2 Å². The van der Waals surface area contributed by atoms with E-state index in [1.54, 1.807) is 36.3 Å². The molecular formula is C21H20Cl2F3N5O. The molecule has 3 heterocycles. The van der Waals surface area contributed by atoms with Crippen LogP contribution in [-0.2, 0) is 6.54 Å². The molecule has 0 bridgehead atoms. The lowest BCUT2D eigenvalue weighted by atomic mass is 10.1. The SMILES string of the molecule is C[C@@H](Oc1cc(-c2cnn(C[C@@H]3CC(F)(F)CN3)c2)cnc1N)c1c(Cl)ccc(F)c1Cl. The highest BCUT2D eigenvalue weighted by molar-refractivity contribution is 6.36. The van der Waals surface area contributed by atoms with Gasteiger partial charge in [-0.2, -0.15) is 5.10 Å². The molecule has 1 aromatic carbocycles. The lowest BCUT2D eigenvalue weighted by molar-refractivity contribution is 0.0205. The average Bonchev–Trinajstić information content (AvgIpc) is 3.33. The van der Waals surface area contributed by atoms with E-state index >= 15 is 0 Å². The third-order valence-electron chi connectivity index (χ3n) is 5.24. The highest BCUT2D eigenvalue weighted by atomic mass is 35.5. The summed E-state index contributed by atoms with van der Waals surface area (Å²) in [4.78, 5) is 4.16. The van der Waals surface area contributed by atoms with Crippen LogP contribution in [0.5, 0.6) is 5.75 Å². The molecule has 2 aromatic heterocycles. The number of pyridine rings is 1. The van der Waals surface area contributed by atoms with Crippen molar-refractivity contribution in [1.29, 1.82) is 0 Å². The molecule has 0 unspecified atom stereocenters. The van der Waals surface area contributed by atoms with Gasteiger partial charge in [0.05, 0.1) is 24.3 Å². The molecule has 0 aliphatic carbocycles. The van der Waals surface area contributed by atoms with Gasteiger partial charge in [0.25, 0.3) is 5.92 Å². The van der Waals surface area contributed by atoms with Gasteiger partial charge in [-0.05, 0) is 25.1 Å². The first kappa shape index (κ1) is 22.7. The Kier molecular flexibility index (Phi) is 6.24. The van der Waals surface area contributed by atoms with Crippen molar-refractivity contribution >= 4 is 29.0 Å². The number of benzene rings is 1. The first-order valence-electron chi connectivity index (χ1n) is 9.82. The van der Waals surface area contributed by atoms with Gasteiger partial charge in [-0.3, -0.25) is 4.68 Å². The number of rotatable bonds is 6. The van der Waals surface area contributed by atoms with Gasteiger partial charge in [0.15, 0.2) is 11.6 Å². The summed E-state index contributed by atoms with van der Waals surface area (Å²) in [6, 6.07) is 3.89. The maximum Gasteiger partial charge on any atom is 0.261 e. The fraction of sp³-hybridized carbons (Fsp3) is 0.333. The third kappa shape index (κ3) is 4.79. The Morgan fingerprint density at radius 1 is 1.31 bits per heavy atom. The summed E-state index contributed by atoms with van der Waals surface area (Å²) < 4.78 is 48.1. The van der Waals surface area contributed by atoms with Crippen LogP contribution in [0, 0.1) is 5.82 Å². The van der Waals surface area contributed by atoms with Crippen LogP contribution in [0.4, 0.5) is 19.0 Å². The van der Waals surface area contributed by atoms with Crippen molar-refractivity contribution in [2.75, 3.05) is 12.3 Å². The summed E-state index contributed by atoms with van der Waals surface area (Å²) in [6.45, 7) is 1.65.